The van der Waals surface area contributed by atoms with Crippen molar-refractivity contribution >= 4 is 11.7 Å². The van der Waals surface area contributed by atoms with Crippen molar-refractivity contribution < 1.29 is 14.3 Å². The molecule has 0 heterocycles. The van der Waals surface area contributed by atoms with Crippen LogP contribution in [0.1, 0.15) is 24.2 Å². The van der Waals surface area contributed by atoms with Gasteiger partial charge in [0.05, 0.1) is 5.69 Å². The second-order valence-electron chi connectivity index (χ2n) is 3.74. The third-order valence-corrected chi connectivity index (χ3v) is 1.93. The van der Waals surface area contributed by atoms with Gasteiger partial charge in [-0.25, -0.2) is 9.18 Å². The summed E-state index contributed by atoms with van der Waals surface area (Å²) in [6, 6.07) is 4.20. The first kappa shape index (κ1) is 11.5. The lowest BCUT2D eigenvalue weighted by Gasteiger charge is -2.11. The van der Waals surface area contributed by atoms with Gasteiger partial charge >= 0.3 is 5.97 Å². The molecule has 1 aromatic rings. The zero-order valence-corrected chi connectivity index (χ0v) is 8.75. The molecule has 0 saturated heterocycles. The van der Waals surface area contributed by atoms with Crippen molar-refractivity contribution in [3.63, 3.8) is 0 Å². The zero-order valence-electron chi connectivity index (χ0n) is 8.75. The normalized spacial score (nSPS) is 10.4. The summed E-state index contributed by atoms with van der Waals surface area (Å²) in [5.41, 5.74) is 0.0364. The van der Waals surface area contributed by atoms with Gasteiger partial charge in [0, 0.05) is 6.54 Å². The number of nitrogens with one attached hydrogen (secondary N) is 1. The highest BCUT2D eigenvalue weighted by molar-refractivity contribution is 5.94. The molecule has 2 N–H and O–H groups in total. The summed E-state index contributed by atoms with van der Waals surface area (Å²) in [5.74, 6) is -1.59. The summed E-state index contributed by atoms with van der Waals surface area (Å²) in [7, 11) is 0. The van der Waals surface area contributed by atoms with Crippen molar-refractivity contribution in [2.24, 2.45) is 5.92 Å². The van der Waals surface area contributed by atoms with Crippen LogP contribution in [0.15, 0.2) is 18.2 Å². The van der Waals surface area contributed by atoms with E-state index in [1.165, 1.54) is 6.07 Å². The minimum atomic E-state index is -1.25. The molecule has 82 valence electrons. The Morgan fingerprint density at radius 3 is 2.73 bits per heavy atom. The van der Waals surface area contributed by atoms with E-state index in [-0.39, 0.29) is 5.56 Å². The van der Waals surface area contributed by atoms with Crippen LogP contribution in [0.5, 0.6) is 0 Å². The minimum absolute atomic E-state index is 0.293. The maximum Gasteiger partial charge on any atom is 0.340 e. The number of benzene rings is 1. The van der Waals surface area contributed by atoms with E-state index in [4.69, 9.17) is 5.11 Å². The highest BCUT2D eigenvalue weighted by atomic mass is 19.1. The lowest BCUT2D eigenvalue weighted by molar-refractivity contribution is 0.0693. The Hall–Kier alpha value is -1.58. The van der Waals surface area contributed by atoms with Gasteiger partial charge < -0.3 is 10.4 Å². The van der Waals surface area contributed by atoms with Crippen molar-refractivity contribution in [3.05, 3.63) is 29.6 Å². The molecule has 0 aromatic heterocycles. The fourth-order valence-electron chi connectivity index (χ4n) is 1.20. The standard InChI is InChI=1S/C11H14FNO2/c1-7(2)6-13-9-5-3-4-8(12)10(9)11(14)15/h3-5,7,13H,6H2,1-2H3,(H,14,15). The molecule has 1 rings (SSSR count). The van der Waals surface area contributed by atoms with Crippen molar-refractivity contribution in [2.45, 2.75) is 13.8 Å². The number of rotatable bonds is 4. The van der Waals surface area contributed by atoms with Gasteiger partial charge in [0.2, 0.25) is 0 Å². The molecule has 0 atom stereocenters. The first-order valence-corrected chi connectivity index (χ1v) is 4.78. The summed E-state index contributed by atoms with van der Waals surface area (Å²) in [4.78, 5) is 10.8. The Labute approximate surface area is 87.9 Å². The molecule has 0 spiro atoms. The minimum Gasteiger partial charge on any atom is -0.478 e. The summed E-state index contributed by atoms with van der Waals surface area (Å²) < 4.78 is 13.2. The molecular formula is C11H14FNO2. The van der Waals surface area contributed by atoms with Crippen LogP contribution < -0.4 is 5.32 Å². The highest BCUT2D eigenvalue weighted by Gasteiger charge is 2.15. The number of halogens is 1. The van der Waals surface area contributed by atoms with Crippen LogP contribution in [0.2, 0.25) is 0 Å². The van der Waals surface area contributed by atoms with Crippen LogP contribution in [0.4, 0.5) is 10.1 Å². The fourth-order valence-corrected chi connectivity index (χ4v) is 1.20. The SMILES string of the molecule is CC(C)CNc1cccc(F)c1C(=O)O. The summed E-state index contributed by atoms with van der Waals surface area (Å²) in [6.45, 7) is 4.60. The van der Waals surface area contributed by atoms with E-state index in [1.807, 2.05) is 13.8 Å². The molecule has 0 amide bonds. The Morgan fingerprint density at radius 1 is 1.53 bits per heavy atom. The summed E-state index contributed by atoms with van der Waals surface area (Å²) in [6.07, 6.45) is 0. The third-order valence-electron chi connectivity index (χ3n) is 1.93. The number of carbonyl (C=O) groups is 1. The van der Waals surface area contributed by atoms with E-state index in [9.17, 15) is 9.18 Å². The molecule has 0 aliphatic heterocycles. The molecular weight excluding hydrogens is 197 g/mol. The summed E-state index contributed by atoms with van der Waals surface area (Å²) >= 11 is 0. The van der Waals surface area contributed by atoms with Crippen LogP contribution in [0.3, 0.4) is 0 Å². The average Bonchev–Trinajstić information content (AvgIpc) is 2.13. The Bertz CT molecular complexity index is 364. The van der Waals surface area contributed by atoms with Crippen LogP contribution in [-0.2, 0) is 0 Å². The van der Waals surface area contributed by atoms with E-state index in [1.54, 1.807) is 6.07 Å². The van der Waals surface area contributed by atoms with Gasteiger partial charge in [0.15, 0.2) is 0 Å². The number of carboxylic acid groups (broad SMARTS) is 1. The second kappa shape index (κ2) is 4.77. The van der Waals surface area contributed by atoms with E-state index in [0.717, 1.165) is 6.07 Å². The first-order valence-electron chi connectivity index (χ1n) is 4.78. The van der Waals surface area contributed by atoms with E-state index in [0.29, 0.717) is 18.2 Å². The largest absolute Gasteiger partial charge is 0.478 e. The predicted octanol–water partition coefficient (Wildman–Crippen LogP) is 2.59. The topological polar surface area (TPSA) is 49.3 Å². The van der Waals surface area contributed by atoms with Gasteiger partial charge in [-0.2, -0.15) is 0 Å². The van der Waals surface area contributed by atoms with Crippen molar-refractivity contribution in [1.29, 1.82) is 0 Å². The molecule has 1 aromatic carbocycles. The molecule has 0 aliphatic rings. The number of aromatic carboxylic acids is 1. The van der Waals surface area contributed by atoms with Gasteiger partial charge in [0.25, 0.3) is 0 Å². The van der Waals surface area contributed by atoms with Crippen molar-refractivity contribution in [3.8, 4) is 0 Å². The molecule has 0 radical (unpaired) electrons. The highest BCUT2D eigenvalue weighted by Crippen LogP contribution is 2.19. The third kappa shape index (κ3) is 2.94. The maximum absolute atomic E-state index is 13.2. The van der Waals surface area contributed by atoms with Gasteiger partial charge in [-0.05, 0) is 18.1 Å². The fraction of sp³-hybridized carbons (Fsp3) is 0.364. The summed E-state index contributed by atoms with van der Waals surface area (Å²) in [5, 5.41) is 11.7. The lowest BCUT2D eigenvalue weighted by Crippen LogP contribution is -2.12. The Morgan fingerprint density at radius 2 is 2.20 bits per heavy atom. The number of hydrogen-bond acceptors (Lipinski definition) is 2. The van der Waals surface area contributed by atoms with Crippen LogP contribution in [0, 0.1) is 11.7 Å². The molecule has 0 saturated carbocycles. The molecule has 4 heteroatoms. The second-order valence-corrected chi connectivity index (χ2v) is 3.74. The van der Waals surface area contributed by atoms with Crippen molar-refractivity contribution in [1.82, 2.24) is 0 Å². The Balaban J connectivity index is 2.96. The van der Waals surface area contributed by atoms with E-state index >= 15 is 0 Å². The van der Waals surface area contributed by atoms with Crippen LogP contribution in [-0.4, -0.2) is 17.6 Å². The molecule has 0 aliphatic carbocycles. The smallest absolute Gasteiger partial charge is 0.340 e. The van der Waals surface area contributed by atoms with E-state index < -0.39 is 11.8 Å². The molecule has 0 bridgehead atoms. The number of anilines is 1. The van der Waals surface area contributed by atoms with Crippen molar-refractivity contribution in [2.75, 3.05) is 11.9 Å². The van der Waals surface area contributed by atoms with E-state index in [2.05, 4.69) is 5.32 Å². The first-order chi connectivity index (χ1) is 7.02. The quantitative estimate of drug-likeness (QED) is 0.804. The molecule has 0 fully saturated rings. The van der Waals surface area contributed by atoms with Gasteiger partial charge in [-0.15, -0.1) is 0 Å². The number of hydrogen-bond donors (Lipinski definition) is 2. The van der Waals surface area contributed by atoms with Crippen LogP contribution in [0.25, 0.3) is 0 Å². The predicted molar refractivity (Wildman–Crippen MR) is 56.7 cm³/mol. The molecule has 3 nitrogen and oxygen atoms in total. The maximum atomic E-state index is 13.2. The monoisotopic (exact) mass is 211 g/mol. The van der Waals surface area contributed by atoms with Gasteiger partial charge in [-0.3, -0.25) is 0 Å². The average molecular weight is 211 g/mol. The molecule has 0 unspecified atom stereocenters. The lowest BCUT2D eigenvalue weighted by atomic mass is 10.1. The molecule has 15 heavy (non-hydrogen) atoms. The Kier molecular flexibility index (Phi) is 3.66. The van der Waals surface area contributed by atoms with Crippen LogP contribution >= 0.6 is 0 Å². The van der Waals surface area contributed by atoms with Gasteiger partial charge in [0.1, 0.15) is 11.4 Å². The zero-order chi connectivity index (χ0) is 11.4. The number of carboxylic acids is 1. The van der Waals surface area contributed by atoms with Gasteiger partial charge in [-0.1, -0.05) is 19.9 Å².